The molecule has 24 heavy (non-hydrogen) atoms. The van der Waals surface area contributed by atoms with E-state index >= 15 is 0 Å². The lowest BCUT2D eigenvalue weighted by molar-refractivity contribution is -0.126. The van der Waals surface area contributed by atoms with Gasteiger partial charge >= 0.3 is 0 Å². The zero-order valence-corrected chi connectivity index (χ0v) is 15.4. The molecule has 1 saturated carbocycles. The first kappa shape index (κ1) is 20.6. The molecule has 1 fully saturated rings. The van der Waals surface area contributed by atoms with Crippen LogP contribution in [0.2, 0.25) is 0 Å². The van der Waals surface area contributed by atoms with E-state index in [1.807, 2.05) is 25.1 Å². The number of carbonyl (C=O) groups excluding carboxylic acids is 1. The molecule has 6 heteroatoms. The quantitative estimate of drug-likeness (QED) is 0.702. The van der Waals surface area contributed by atoms with E-state index in [1.165, 1.54) is 5.56 Å². The van der Waals surface area contributed by atoms with E-state index in [1.54, 1.807) is 7.11 Å². The molecule has 5 nitrogen and oxygen atoms in total. The molecule has 0 aromatic heterocycles. The van der Waals surface area contributed by atoms with E-state index in [-0.39, 0.29) is 18.3 Å². The van der Waals surface area contributed by atoms with Gasteiger partial charge in [0.1, 0.15) is 0 Å². The fourth-order valence-corrected chi connectivity index (χ4v) is 3.05. The van der Waals surface area contributed by atoms with Crippen LogP contribution in [0.25, 0.3) is 0 Å². The Hall–Kier alpha value is -1.46. The highest BCUT2D eigenvalue weighted by Crippen LogP contribution is 2.29. The predicted octanol–water partition coefficient (Wildman–Crippen LogP) is 2.84. The third-order valence-corrected chi connectivity index (χ3v) is 4.40. The minimum absolute atomic E-state index is 0. The Morgan fingerprint density at radius 2 is 2.00 bits per heavy atom. The number of ether oxygens (including phenoxy) is 2. The summed E-state index contributed by atoms with van der Waals surface area (Å²) in [5.41, 5.74) is 6.67. The van der Waals surface area contributed by atoms with Crippen LogP contribution in [0, 0.1) is 0 Å². The predicted molar refractivity (Wildman–Crippen MR) is 98.1 cm³/mol. The number of benzene rings is 1. The Labute approximate surface area is 150 Å². The van der Waals surface area contributed by atoms with Crippen molar-refractivity contribution in [3.63, 3.8) is 0 Å². The largest absolute Gasteiger partial charge is 0.493 e. The average Bonchev–Trinajstić information content (AvgIpc) is 3.00. The standard InChI is InChI=1S/C18H28N2O3.ClH/c1-3-23-16-13-14(8-9-15(16)22-2)7-6-12-20-17(21)18(19)10-4-5-11-18;/h8-9,13H,3-7,10-12,19H2,1-2H3,(H,20,21);1H. The second-order valence-electron chi connectivity index (χ2n) is 6.14. The van der Waals surface area contributed by atoms with Gasteiger partial charge in [-0.1, -0.05) is 18.9 Å². The van der Waals surface area contributed by atoms with E-state index < -0.39 is 5.54 Å². The molecule has 0 heterocycles. The second-order valence-corrected chi connectivity index (χ2v) is 6.14. The lowest BCUT2D eigenvalue weighted by Crippen LogP contribution is -2.52. The number of hydrogen-bond donors (Lipinski definition) is 2. The summed E-state index contributed by atoms with van der Waals surface area (Å²) < 4.78 is 10.9. The molecule has 0 saturated heterocycles. The number of aryl methyl sites for hydroxylation is 1. The summed E-state index contributed by atoms with van der Waals surface area (Å²) in [7, 11) is 1.64. The Morgan fingerprint density at radius 3 is 2.62 bits per heavy atom. The number of carbonyl (C=O) groups is 1. The highest BCUT2D eigenvalue weighted by Gasteiger charge is 2.36. The van der Waals surface area contributed by atoms with Crippen LogP contribution in [0.1, 0.15) is 44.6 Å². The van der Waals surface area contributed by atoms with Crippen molar-refractivity contribution in [2.75, 3.05) is 20.3 Å². The van der Waals surface area contributed by atoms with Crippen LogP contribution < -0.4 is 20.5 Å². The molecule has 0 spiro atoms. The van der Waals surface area contributed by atoms with E-state index in [0.717, 1.165) is 50.0 Å². The van der Waals surface area contributed by atoms with Gasteiger partial charge in [-0.3, -0.25) is 4.79 Å². The minimum Gasteiger partial charge on any atom is -0.493 e. The van der Waals surface area contributed by atoms with Gasteiger partial charge in [0.2, 0.25) is 5.91 Å². The normalized spacial score (nSPS) is 15.5. The first-order chi connectivity index (χ1) is 11.1. The summed E-state index contributed by atoms with van der Waals surface area (Å²) in [4.78, 5) is 12.1. The molecule has 1 aromatic rings. The molecule has 136 valence electrons. The van der Waals surface area contributed by atoms with E-state index in [0.29, 0.717) is 13.2 Å². The van der Waals surface area contributed by atoms with Crippen molar-refractivity contribution >= 4 is 18.3 Å². The molecular weight excluding hydrogens is 328 g/mol. The number of rotatable bonds is 8. The molecule has 0 bridgehead atoms. The van der Waals surface area contributed by atoms with Crippen LogP contribution in [0.3, 0.4) is 0 Å². The van der Waals surface area contributed by atoms with Crippen molar-refractivity contribution in [3.05, 3.63) is 23.8 Å². The van der Waals surface area contributed by atoms with Gasteiger partial charge < -0.3 is 20.5 Å². The van der Waals surface area contributed by atoms with Crippen molar-refractivity contribution in [2.45, 2.75) is 51.0 Å². The summed E-state index contributed by atoms with van der Waals surface area (Å²) in [6.45, 7) is 3.20. The van der Waals surface area contributed by atoms with E-state index in [9.17, 15) is 4.79 Å². The van der Waals surface area contributed by atoms with Gasteiger partial charge in [-0.25, -0.2) is 0 Å². The van der Waals surface area contributed by atoms with Gasteiger partial charge in [-0.15, -0.1) is 12.4 Å². The number of amides is 1. The SMILES string of the molecule is CCOc1cc(CCCNC(=O)C2(N)CCCC2)ccc1OC.Cl. The lowest BCUT2D eigenvalue weighted by Gasteiger charge is -2.22. The van der Waals surface area contributed by atoms with Crippen LogP contribution in [-0.4, -0.2) is 31.7 Å². The highest BCUT2D eigenvalue weighted by molar-refractivity contribution is 5.86. The third-order valence-electron chi connectivity index (χ3n) is 4.40. The maximum absolute atomic E-state index is 12.1. The molecule has 1 aliphatic rings. The Bertz CT molecular complexity index is 531. The van der Waals surface area contributed by atoms with Gasteiger partial charge in [-0.2, -0.15) is 0 Å². The number of methoxy groups -OCH3 is 1. The smallest absolute Gasteiger partial charge is 0.240 e. The molecule has 0 aliphatic heterocycles. The summed E-state index contributed by atoms with van der Waals surface area (Å²) in [5.74, 6) is 1.51. The van der Waals surface area contributed by atoms with Gasteiger partial charge in [0.05, 0.1) is 19.3 Å². The van der Waals surface area contributed by atoms with Crippen LogP contribution in [0.4, 0.5) is 0 Å². The second kappa shape index (κ2) is 9.74. The molecule has 1 aromatic carbocycles. The lowest BCUT2D eigenvalue weighted by atomic mass is 9.98. The molecule has 0 unspecified atom stereocenters. The van der Waals surface area contributed by atoms with Crippen molar-refractivity contribution in [1.82, 2.24) is 5.32 Å². The molecule has 0 radical (unpaired) electrons. The van der Waals surface area contributed by atoms with Crippen molar-refractivity contribution in [1.29, 1.82) is 0 Å². The summed E-state index contributed by atoms with van der Waals surface area (Å²) in [6.07, 6.45) is 5.46. The van der Waals surface area contributed by atoms with Gasteiger partial charge in [0.15, 0.2) is 11.5 Å². The third kappa shape index (κ3) is 5.28. The van der Waals surface area contributed by atoms with Crippen LogP contribution in [0.5, 0.6) is 11.5 Å². The number of nitrogens with one attached hydrogen (secondary N) is 1. The van der Waals surface area contributed by atoms with Crippen molar-refractivity contribution in [2.24, 2.45) is 5.73 Å². The van der Waals surface area contributed by atoms with Gasteiger partial charge in [-0.05, 0) is 50.3 Å². The van der Waals surface area contributed by atoms with Crippen molar-refractivity contribution < 1.29 is 14.3 Å². The highest BCUT2D eigenvalue weighted by atomic mass is 35.5. The fourth-order valence-electron chi connectivity index (χ4n) is 3.05. The molecule has 1 amide bonds. The zero-order chi connectivity index (χ0) is 16.7. The molecular formula is C18H29ClN2O3. The zero-order valence-electron chi connectivity index (χ0n) is 14.6. The molecule has 1 aliphatic carbocycles. The number of hydrogen-bond acceptors (Lipinski definition) is 4. The maximum atomic E-state index is 12.1. The van der Waals surface area contributed by atoms with Crippen LogP contribution in [-0.2, 0) is 11.2 Å². The fraction of sp³-hybridized carbons (Fsp3) is 0.611. The molecule has 3 N–H and O–H groups in total. The van der Waals surface area contributed by atoms with E-state index in [4.69, 9.17) is 15.2 Å². The minimum atomic E-state index is -0.637. The van der Waals surface area contributed by atoms with Crippen LogP contribution >= 0.6 is 12.4 Å². The Morgan fingerprint density at radius 1 is 1.29 bits per heavy atom. The maximum Gasteiger partial charge on any atom is 0.240 e. The summed E-state index contributed by atoms with van der Waals surface area (Å²) in [5, 5.41) is 2.98. The number of halogens is 1. The van der Waals surface area contributed by atoms with Gasteiger partial charge in [0.25, 0.3) is 0 Å². The van der Waals surface area contributed by atoms with Crippen LogP contribution in [0.15, 0.2) is 18.2 Å². The Balaban J connectivity index is 0.00000288. The number of nitrogens with two attached hydrogens (primary N) is 1. The van der Waals surface area contributed by atoms with E-state index in [2.05, 4.69) is 5.32 Å². The first-order valence-corrected chi connectivity index (χ1v) is 8.46. The molecule has 2 rings (SSSR count). The molecule has 0 atom stereocenters. The summed E-state index contributed by atoms with van der Waals surface area (Å²) in [6, 6.07) is 5.96. The average molecular weight is 357 g/mol. The topological polar surface area (TPSA) is 73.6 Å². The van der Waals surface area contributed by atoms with Gasteiger partial charge in [0, 0.05) is 6.54 Å². The summed E-state index contributed by atoms with van der Waals surface area (Å²) >= 11 is 0. The van der Waals surface area contributed by atoms with Crippen molar-refractivity contribution in [3.8, 4) is 11.5 Å². The monoisotopic (exact) mass is 356 g/mol. The Kier molecular flexibility index (Phi) is 8.36. The first-order valence-electron chi connectivity index (χ1n) is 8.46.